The Morgan fingerprint density at radius 2 is 2.00 bits per heavy atom. The van der Waals surface area contributed by atoms with Crippen LogP contribution in [0.1, 0.15) is 39.0 Å². The molecule has 1 saturated heterocycles. The Bertz CT molecular complexity index is 818. The lowest BCUT2D eigenvalue weighted by Gasteiger charge is -2.31. The van der Waals surface area contributed by atoms with Gasteiger partial charge in [0, 0.05) is 31.5 Å². The molecule has 1 fully saturated rings. The van der Waals surface area contributed by atoms with Crippen LogP contribution in [0.15, 0.2) is 28.8 Å². The number of carbonyl (C=O) groups excluding carboxylic acids is 2. The number of hydrogen-bond donors (Lipinski definition) is 0. The number of aromatic nitrogens is 2. The lowest BCUT2D eigenvalue weighted by Crippen LogP contribution is -2.42. The number of ether oxygens (including phenoxy) is 2. The predicted octanol–water partition coefficient (Wildman–Crippen LogP) is 2.87. The van der Waals surface area contributed by atoms with Crippen LogP contribution in [0.2, 0.25) is 0 Å². The summed E-state index contributed by atoms with van der Waals surface area (Å²) in [5, 5.41) is 4.00. The number of amides is 1. The molecule has 0 bridgehead atoms. The summed E-state index contributed by atoms with van der Waals surface area (Å²) < 4.78 is 15.8. The number of aryl methyl sites for hydroxylation is 1. The monoisotopic (exact) mass is 401 g/mol. The number of rotatable bonds is 8. The fraction of sp³-hybridized carbons (Fsp3) is 0.524. The van der Waals surface area contributed by atoms with E-state index in [2.05, 4.69) is 10.1 Å². The van der Waals surface area contributed by atoms with Gasteiger partial charge in [0.15, 0.2) is 0 Å². The summed E-state index contributed by atoms with van der Waals surface area (Å²) >= 11 is 0. The zero-order chi connectivity index (χ0) is 20.6. The SMILES string of the molecule is CCOC(=O)C1CCCN(C(=O)CCc2nc(-c3ccc(OCC)cc3)no2)C1. The minimum atomic E-state index is -0.234. The molecule has 156 valence electrons. The first-order valence-electron chi connectivity index (χ1n) is 10.1. The summed E-state index contributed by atoms with van der Waals surface area (Å²) in [6.45, 7) is 5.76. The van der Waals surface area contributed by atoms with Crippen LogP contribution in [0.25, 0.3) is 11.4 Å². The number of esters is 1. The number of likely N-dealkylation sites (tertiary alicyclic amines) is 1. The summed E-state index contributed by atoms with van der Waals surface area (Å²) in [5.41, 5.74) is 0.822. The molecule has 0 spiro atoms. The molecule has 1 aliphatic heterocycles. The predicted molar refractivity (Wildman–Crippen MR) is 105 cm³/mol. The van der Waals surface area contributed by atoms with Crippen molar-refractivity contribution in [3.05, 3.63) is 30.2 Å². The Balaban J connectivity index is 1.52. The number of benzene rings is 1. The summed E-state index contributed by atoms with van der Waals surface area (Å²) in [6, 6.07) is 7.45. The molecule has 1 amide bonds. The van der Waals surface area contributed by atoms with Gasteiger partial charge < -0.3 is 18.9 Å². The van der Waals surface area contributed by atoms with Crippen LogP contribution < -0.4 is 4.74 Å². The van der Waals surface area contributed by atoms with Crippen molar-refractivity contribution in [3.63, 3.8) is 0 Å². The van der Waals surface area contributed by atoms with E-state index < -0.39 is 0 Å². The van der Waals surface area contributed by atoms with Crippen molar-refractivity contribution in [2.45, 2.75) is 39.5 Å². The van der Waals surface area contributed by atoms with Gasteiger partial charge >= 0.3 is 5.97 Å². The van der Waals surface area contributed by atoms with E-state index in [-0.39, 0.29) is 24.2 Å². The fourth-order valence-electron chi connectivity index (χ4n) is 3.37. The van der Waals surface area contributed by atoms with E-state index >= 15 is 0 Å². The highest BCUT2D eigenvalue weighted by Gasteiger charge is 2.29. The third kappa shape index (κ3) is 5.56. The van der Waals surface area contributed by atoms with Gasteiger partial charge in [-0.25, -0.2) is 0 Å². The molecule has 1 unspecified atom stereocenters. The molecule has 1 aliphatic rings. The molecule has 0 radical (unpaired) electrons. The first-order chi connectivity index (χ1) is 14.1. The number of nitrogens with zero attached hydrogens (tertiary/aromatic N) is 3. The summed E-state index contributed by atoms with van der Waals surface area (Å²) in [5.74, 6) is 1.22. The topological polar surface area (TPSA) is 94.8 Å². The molecule has 1 aromatic carbocycles. The summed E-state index contributed by atoms with van der Waals surface area (Å²) in [4.78, 5) is 30.6. The average Bonchev–Trinajstić information content (AvgIpc) is 3.22. The van der Waals surface area contributed by atoms with Crippen molar-refractivity contribution in [2.24, 2.45) is 5.92 Å². The lowest BCUT2D eigenvalue weighted by molar-refractivity contribution is -0.151. The van der Waals surface area contributed by atoms with Crippen LogP contribution in [0.3, 0.4) is 0 Å². The molecule has 29 heavy (non-hydrogen) atoms. The highest BCUT2D eigenvalue weighted by molar-refractivity contribution is 5.78. The molecule has 8 nitrogen and oxygen atoms in total. The third-order valence-corrected chi connectivity index (χ3v) is 4.84. The van der Waals surface area contributed by atoms with Crippen molar-refractivity contribution in [1.82, 2.24) is 15.0 Å². The highest BCUT2D eigenvalue weighted by Crippen LogP contribution is 2.21. The molecular formula is C21H27N3O5. The molecule has 1 atom stereocenters. The van der Waals surface area contributed by atoms with E-state index in [0.717, 1.165) is 24.2 Å². The smallest absolute Gasteiger partial charge is 0.310 e. The Hall–Kier alpha value is -2.90. The van der Waals surface area contributed by atoms with Crippen molar-refractivity contribution in [2.75, 3.05) is 26.3 Å². The van der Waals surface area contributed by atoms with Crippen molar-refractivity contribution in [3.8, 4) is 17.1 Å². The van der Waals surface area contributed by atoms with Crippen LogP contribution in [-0.2, 0) is 20.7 Å². The molecule has 1 aromatic heterocycles. The largest absolute Gasteiger partial charge is 0.494 e. The Labute approximate surface area is 170 Å². The maximum absolute atomic E-state index is 12.5. The van der Waals surface area contributed by atoms with Gasteiger partial charge in [-0.15, -0.1) is 0 Å². The summed E-state index contributed by atoms with van der Waals surface area (Å²) in [6.07, 6.45) is 2.19. The third-order valence-electron chi connectivity index (χ3n) is 4.84. The maximum atomic E-state index is 12.5. The van der Waals surface area contributed by atoms with Gasteiger partial charge in [-0.1, -0.05) is 5.16 Å². The first kappa shape index (κ1) is 20.8. The number of piperidine rings is 1. The second kappa shape index (κ2) is 10.0. The number of hydrogen-bond acceptors (Lipinski definition) is 7. The first-order valence-corrected chi connectivity index (χ1v) is 10.1. The van der Waals surface area contributed by atoms with Gasteiger partial charge in [0.05, 0.1) is 19.1 Å². The Kier molecular flexibility index (Phi) is 7.21. The van der Waals surface area contributed by atoms with Gasteiger partial charge in [-0.3, -0.25) is 9.59 Å². The molecule has 8 heteroatoms. The second-order valence-electron chi connectivity index (χ2n) is 6.90. The van der Waals surface area contributed by atoms with Crippen molar-refractivity contribution < 1.29 is 23.6 Å². The molecular weight excluding hydrogens is 374 g/mol. The van der Waals surface area contributed by atoms with Crippen LogP contribution in [0.4, 0.5) is 0 Å². The minimum Gasteiger partial charge on any atom is -0.494 e. The fourth-order valence-corrected chi connectivity index (χ4v) is 3.37. The van der Waals surface area contributed by atoms with E-state index in [1.54, 1.807) is 11.8 Å². The van der Waals surface area contributed by atoms with Gasteiger partial charge in [-0.05, 0) is 51.0 Å². The van der Waals surface area contributed by atoms with E-state index in [1.165, 1.54) is 0 Å². The maximum Gasteiger partial charge on any atom is 0.310 e. The molecule has 2 heterocycles. The lowest BCUT2D eigenvalue weighted by atomic mass is 9.98. The van der Waals surface area contributed by atoms with Crippen LogP contribution >= 0.6 is 0 Å². The minimum absolute atomic E-state index is 0.0141. The average molecular weight is 401 g/mol. The highest BCUT2D eigenvalue weighted by atomic mass is 16.5. The normalized spacial score (nSPS) is 16.5. The molecule has 3 rings (SSSR count). The molecule has 2 aromatic rings. The quantitative estimate of drug-likeness (QED) is 0.628. The van der Waals surface area contributed by atoms with Crippen molar-refractivity contribution >= 4 is 11.9 Å². The van der Waals surface area contributed by atoms with Gasteiger partial charge in [0.2, 0.25) is 17.6 Å². The zero-order valence-electron chi connectivity index (χ0n) is 16.9. The van der Waals surface area contributed by atoms with Gasteiger partial charge in [0.25, 0.3) is 0 Å². The zero-order valence-corrected chi connectivity index (χ0v) is 16.9. The molecule has 0 aliphatic carbocycles. The van der Waals surface area contributed by atoms with E-state index in [4.69, 9.17) is 14.0 Å². The van der Waals surface area contributed by atoms with Gasteiger partial charge in [-0.2, -0.15) is 4.98 Å². The molecule has 0 N–H and O–H groups in total. The van der Waals surface area contributed by atoms with Crippen LogP contribution in [0.5, 0.6) is 5.75 Å². The summed E-state index contributed by atoms with van der Waals surface area (Å²) in [7, 11) is 0. The van der Waals surface area contributed by atoms with Crippen LogP contribution in [-0.4, -0.2) is 53.2 Å². The van der Waals surface area contributed by atoms with E-state index in [0.29, 0.717) is 44.4 Å². The van der Waals surface area contributed by atoms with Crippen molar-refractivity contribution in [1.29, 1.82) is 0 Å². The molecule has 0 saturated carbocycles. The second-order valence-corrected chi connectivity index (χ2v) is 6.90. The van der Waals surface area contributed by atoms with Gasteiger partial charge in [0.1, 0.15) is 5.75 Å². The number of carbonyl (C=O) groups is 2. The van der Waals surface area contributed by atoms with E-state index in [9.17, 15) is 9.59 Å². The Morgan fingerprint density at radius 1 is 1.21 bits per heavy atom. The van der Waals surface area contributed by atoms with Crippen LogP contribution in [0, 0.1) is 5.92 Å². The van der Waals surface area contributed by atoms with E-state index in [1.807, 2.05) is 31.2 Å². The standard InChI is InChI=1S/C21H27N3O5/c1-3-27-17-9-7-15(8-10-17)20-22-18(29-23-20)11-12-19(25)24-13-5-6-16(14-24)21(26)28-4-2/h7-10,16H,3-6,11-14H2,1-2H3. The Morgan fingerprint density at radius 3 is 2.72 bits per heavy atom.